The molecule has 0 fully saturated rings. The molecule has 0 atom stereocenters. The van der Waals surface area contributed by atoms with Crippen LogP contribution in [0.15, 0.2) is 133 Å². The first kappa shape index (κ1) is 23.8. The Balaban J connectivity index is 1.47. The van der Waals surface area contributed by atoms with Crippen LogP contribution in [0.4, 0.5) is 5.69 Å². The Hall–Kier alpha value is -6.10. The molecule has 0 saturated heterocycles. The molecule has 4 nitrogen and oxygen atoms in total. The molecule has 42 heavy (non-hydrogen) atoms. The highest BCUT2D eigenvalue weighted by Gasteiger charge is 2.19. The number of hydrogen-bond donors (Lipinski definition) is 0. The minimum atomic E-state index is 0.504. The predicted molar refractivity (Wildman–Crippen MR) is 172 cm³/mol. The molecule has 8 aromatic rings. The molecule has 0 aliphatic heterocycles. The van der Waals surface area contributed by atoms with Crippen LogP contribution in [0.3, 0.4) is 0 Å². The van der Waals surface area contributed by atoms with Crippen LogP contribution in [0.5, 0.6) is 0 Å². The van der Waals surface area contributed by atoms with Crippen molar-refractivity contribution in [2.75, 3.05) is 0 Å². The van der Waals surface area contributed by atoms with E-state index in [0.717, 1.165) is 49.7 Å². The topological polar surface area (TPSA) is 38.0 Å². The molecule has 0 saturated carbocycles. The highest BCUT2D eigenvalue weighted by atomic mass is 15.0. The minimum absolute atomic E-state index is 0.504. The zero-order valence-corrected chi connectivity index (χ0v) is 22.5. The molecule has 2 heterocycles. The first-order valence-corrected chi connectivity index (χ1v) is 13.8. The van der Waals surface area contributed by atoms with E-state index in [1.54, 1.807) is 12.1 Å². The summed E-state index contributed by atoms with van der Waals surface area (Å²) in [7, 11) is 0. The van der Waals surface area contributed by atoms with E-state index in [0.29, 0.717) is 16.9 Å². The number of aromatic nitrogens is 2. The summed E-state index contributed by atoms with van der Waals surface area (Å²) in [5.74, 6) is 0. The standard InChI is InChI=1S/C38H22N4/c1-40-27-20-18-26(24-39)36(23-27)42-33-15-7-5-12-30(33)31-21-19-25(22-37(31)42)29-14-9-17-35-38(29)32-13-6-8-16-34(32)41(35)28-10-3-2-4-11-28/h2-23H. The molecule has 194 valence electrons. The fourth-order valence-corrected chi connectivity index (χ4v) is 6.38. The van der Waals surface area contributed by atoms with E-state index < -0.39 is 0 Å². The third kappa shape index (κ3) is 3.40. The van der Waals surface area contributed by atoms with Crippen molar-refractivity contribution < 1.29 is 0 Å². The van der Waals surface area contributed by atoms with Gasteiger partial charge in [-0.05, 0) is 53.6 Å². The van der Waals surface area contributed by atoms with Crippen LogP contribution >= 0.6 is 0 Å². The number of hydrogen-bond acceptors (Lipinski definition) is 1. The lowest BCUT2D eigenvalue weighted by atomic mass is 9.98. The molecule has 0 N–H and O–H groups in total. The van der Waals surface area contributed by atoms with Gasteiger partial charge in [-0.15, -0.1) is 0 Å². The molecule has 0 bridgehead atoms. The largest absolute Gasteiger partial charge is 0.309 e. The number of benzene rings is 6. The molecule has 0 aliphatic carbocycles. The third-order valence-electron chi connectivity index (χ3n) is 8.17. The van der Waals surface area contributed by atoms with Gasteiger partial charge in [0.15, 0.2) is 5.69 Å². The molecular weight excluding hydrogens is 512 g/mol. The SMILES string of the molecule is [C-]#[N+]c1ccc(C#N)c(-n2c3ccccc3c3ccc(-c4cccc5c4c4ccccc4n5-c4ccccc4)cc32)c1. The zero-order chi connectivity index (χ0) is 28.2. The Labute approximate surface area is 242 Å². The summed E-state index contributed by atoms with van der Waals surface area (Å²) in [5, 5.41) is 14.6. The Bertz CT molecular complexity index is 2430. The second kappa shape index (κ2) is 9.24. The van der Waals surface area contributed by atoms with E-state index in [2.05, 4.69) is 117 Å². The van der Waals surface area contributed by atoms with Crippen LogP contribution < -0.4 is 0 Å². The van der Waals surface area contributed by atoms with Crippen molar-refractivity contribution in [1.29, 1.82) is 5.26 Å². The second-order valence-corrected chi connectivity index (χ2v) is 10.4. The van der Waals surface area contributed by atoms with Crippen LogP contribution in [0, 0.1) is 17.9 Å². The average Bonchev–Trinajstić information content (AvgIpc) is 3.57. The number of para-hydroxylation sites is 3. The molecule has 0 radical (unpaired) electrons. The summed E-state index contributed by atoms with van der Waals surface area (Å²) in [6.45, 7) is 7.60. The molecule has 0 unspecified atom stereocenters. The summed E-state index contributed by atoms with van der Waals surface area (Å²) >= 11 is 0. The maximum atomic E-state index is 10.0. The maximum absolute atomic E-state index is 10.0. The van der Waals surface area contributed by atoms with Gasteiger partial charge in [0.1, 0.15) is 6.07 Å². The van der Waals surface area contributed by atoms with Crippen molar-refractivity contribution in [3.63, 3.8) is 0 Å². The van der Waals surface area contributed by atoms with Gasteiger partial charge in [0.2, 0.25) is 0 Å². The van der Waals surface area contributed by atoms with Gasteiger partial charge in [0.05, 0.1) is 39.9 Å². The lowest BCUT2D eigenvalue weighted by Gasteiger charge is -2.12. The lowest BCUT2D eigenvalue weighted by molar-refractivity contribution is 1.17. The van der Waals surface area contributed by atoms with Gasteiger partial charge in [-0.2, -0.15) is 5.26 Å². The highest BCUT2D eigenvalue weighted by Crippen LogP contribution is 2.41. The third-order valence-corrected chi connectivity index (χ3v) is 8.17. The van der Waals surface area contributed by atoms with E-state index in [9.17, 15) is 5.26 Å². The fraction of sp³-hybridized carbons (Fsp3) is 0. The summed E-state index contributed by atoms with van der Waals surface area (Å²) < 4.78 is 4.47. The molecule has 0 aliphatic rings. The van der Waals surface area contributed by atoms with Gasteiger partial charge < -0.3 is 9.13 Å². The van der Waals surface area contributed by atoms with Crippen molar-refractivity contribution in [3.8, 4) is 28.6 Å². The quantitative estimate of drug-likeness (QED) is 0.208. The zero-order valence-electron chi connectivity index (χ0n) is 22.5. The Morgan fingerprint density at radius 1 is 0.571 bits per heavy atom. The van der Waals surface area contributed by atoms with Crippen LogP contribution in [-0.2, 0) is 0 Å². The smallest absolute Gasteiger partial charge is 0.189 e. The van der Waals surface area contributed by atoms with Gasteiger partial charge in [-0.1, -0.05) is 91.0 Å². The number of nitrogens with zero attached hydrogens (tertiary/aromatic N) is 4. The monoisotopic (exact) mass is 534 g/mol. The summed E-state index contributed by atoms with van der Waals surface area (Å²) in [4.78, 5) is 3.66. The Morgan fingerprint density at radius 3 is 2.05 bits per heavy atom. The molecule has 2 aromatic heterocycles. The highest BCUT2D eigenvalue weighted by molar-refractivity contribution is 6.17. The van der Waals surface area contributed by atoms with Crippen molar-refractivity contribution >= 4 is 49.3 Å². The second-order valence-electron chi connectivity index (χ2n) is 10.4. The number of fused-ring (bicyclic) bond motifs is 6. The molecule has 4 heteroatoms. The molecular formula is C38H22N4. The van der Waals surface area contributed by atoms with Crippen molar-refractivity contribution in [1.82, 2.24) is 9.13 Å². The Morgan fingerprint density at radius 2 is 1.26 bits per heavy atom. The fourth-order valence-electron chi connectivity index (χ4n) is 6.38. The molecule has 0 amide bonds. The van der Waals surface area contributed by atoms with Gasteiger partial charge in [-0.3, -0.25) is 0 Å². The summed E-state index contributed by atoms with van der Waals surface area (Å²) in [5.41, 5.74) is 9.42. The van der Waals surface area contributed by atoms with Crippen LogP contribution in [-0.4, -0.2) is 9.13 Å². The van der Waals surface area contributed by atoms with Crippen molar-refractivity contribution in [3.05, 3.63) is 150 Å². The van der Waals surface area contributed by atoms with Crippen LogP contribution in [0.25, 0.3) is 71.0 Å². The van der Waals surface area contributed by atoms with Crippen LogP contribution in [0.1, 0.15) is 5.56 Å². The molecule has 8 rings (SSSR count). The average molecular weight is 535 g/mol. The van der Waals surface area contributed by atoms with E-state index >= 15 is 0 Å². The lowest BCUT2D eigenvalue weighted by Crippen LogP contribution is -1.97. The van der Waals surface area contributed by atoms with Gasteiger partial charge >= 0.3 is 0 Å². The molecule has 0 spiro atoms. The van der Waals surface area contributed by atoms with E-state index in [4.69, 9.17) is 6.57 Å². The van der Waals surface area contributed by atoms with Crippen LogP contribution in [0.2, 0.25) is 0 Å². The summed E-state index contributed by atoms with van der Waals surface area (Å²) in [6.07, 6.45) is 0. The summed E-state index contributed by atoms with van der Waals surface area (Å²) in [6, 6.07) is 48.0. The first-order chi connectivity index (χ1) is 20.8. The van der Waals surface area contributed by atoms with Crippen molar-refractivity contribution in [2.45, 2.75) is 0 Å². The minimum Gasteiger partial charge on any atom is -0.309 e. The van der Waals surface area contributed by atoms with Gasteiger partial charge in [0.25, 0.3) is 0 Å². The Kier molecular flexibility index (Phi) is 5.22. The van der Waals surface area contributed by atoms with E-state index in [-0.39, 0.29) is 0 Å². The van der Waals surface area contributed by atoms with Crippen molar-refractivity contribution in [2.24, 2.45) is 0 Å². The maximum Gasteiger partial charge on any atom is 0.189 e. The van der Waals surface area contributed by atoms with E-state index in [1.165, 1.54) is 10.8 Å². The van der Waals surface area contributed by atoms with Gasteiger partial charge in [-0.25, -0.2) is 4.85 Å². The number of nitriles is 1. The normalized spacial score (nSPS) is 11.3. The number of rotatable bonds is 3. The predicted octanol–water partition coefficient (Wildman–Crippen LogP) is 9.97. The van der Waals surface area contributed by atoms with E-state index in [1.807, 2.05) is 24.3 Å². The molecule has 6 aromatic carbocycles. The first-order valence-electron chi connectivity index (χ1n) is 13.8. The van der Waals surface area contributed by atoms with Gasteiger partial charge in [0, 0.05) is 27.2 Å².